The summed E-state index contributed by atoms with van der Waals surface area (Å²) < 4.78 is 3.38. The first-order valence-corrected chi connectivity index (χ1v) is 7.24. The Morgan fingerprint density at radius 3 is 2.78 bits per heavy atom. The van der Waals surface area contributed by atoms with E-state index in [4.69, 9.17) is 0 Å². The molecule has 1 heterocycles. The normalized spacial score (nSPS) is 12.6. The van der Waals surface area contributed by atoms with Crippen molar-refractivity contribution in [1.29, 1.82) is 0 Å². The molecule has 0 saturated heterocycles. The zero-order valence-electron chi connectivity index (χ0n) is 10.7. The Morgan fingerprint density at radius 1 is 1.39 bits per heavy atom. The van der Waals surface area contributed by atoms with Crippen LogP contribution in [0.25, 0.3) is 0 Å². The molecule has 18 heavy (non-hydrogen) atoms. The highest BCUT2D eigenvalue weighted by Crippen LogP contribution is 2.22. The van der Waals surface area contributed by atoms with Gasteiger partial charge in [-0.3, -0.25) is 0 Å². The fourth-order valence-corrected chi connectivity index (χ4v) is 2.84. The Kier molecular flexibility index (Phi) is 4.77. The largest absolute Gasteiger partial charge is 0.338 e. The van der Waals surface area contributed by atoms with Crippen molar-refractivity contribution in [2.75, 3.05) is 6.54 Å². The Morgan fingerprint density at radius 2 is 2.17 bits per heavy atom. The van der Waals surface area contributed by atoms with Crippen LogP contribution < -0.4 is 5.32 Å². The van der Waals surface area contributed by atoms with E-state index in [1.54, 1.807) is 0 Å². The SMILES string of the molecule is CCNC(Cc1nccn1C)c1ccccc1I. The monoisotopic (exact) mass is 355 g/mol. The molecule has 0 fully saturated rings. The molecule has 96 valence electrons. The third kappa shape index (κ3) is 3.11. The summed E-state index contributed by atoms with van der Waals surface area (Å²) in [7, 11) is 2.04. The highest BCUT2D eigenvalue weighted by molar-refractivity contribution is 14.1. The molecule has 3 nitrogen and oxygen atoms in total. The van der Waals surface area contributed by atoms with Gasteiger partial charge in [0.25, 0.3) is 0 Å². The third-order valence-electron chi connectivity index (χ3n) is 3.04. The number of benzene rings is 1. The number of nitrogens with one attached hydrogen (secondary N) is 1. The Hall–Kier alpha value is -0.880. The lowest BCUT2D eigenvalue weighted by Crippen LogP contribution is -2.24. The summed E-state index contributed by atoms with van der Waals surface area (Å²) in [6.07, 6.45) is 4.76. The molecule has 1 aromatic carbocycles. The van der Waals surface area contributed by atoms with E-state index in [-0.39, 0.29) is 0 Å². The first-order valence-electron chi connectivity index (χ1n) is 6.16. The van der Waals surface area contributed by atoms with Crippen LogP contribution in [0.5, 0.6) is 0 Å². The van der Waals surface area contributed by atoms with Crippen LogP contribution >= 0.6 is 22.6 Å². The van der Waals surface area contributed by atoms with Gasteiger partial charge in [-0.15, -0.1) is 0 Å². The fraction of sp³-hybridized carbons (Fsp3) is 0.357. The van der Waals surface area contributed by atoms with Gasteiger partial charge < -0.3 is 9.88 Å². The van der Waals surface area contributed by atoms with Gasteiger partial charge in [-0.1, -0.05) is 25.1 Å². The molecule has 4 heteroatoms. The first kappa shape index (κ1) is 13.5. The van der Waals surface area contributed by atoms with Crippen LogP contribution in [0.15, 0.2) is 36.7 Å². The molecule has 1 N–H and O–H groups in total. The summed E-state index contributed by atoms with van der Waals surface area (Å²) in [6, 6.07) is 8.84. The van der Waals surface area contributed by atoms with Crippen molar-refractivity contribution in [3.8, 4) is 0 Å². The van der Waals surface area contributed by atoms with Gasteiger partial charge in [0, 0.05) is 35.5 Å². The molecule has 0 radical (unpaired) electrons. The fourth-order valence-electron chi connectivity index (χ4n) is 2.07. The van der Waals surface area contributed by atoms with Gasteiger partial charge in [0.05, 0.1) is 0 Å². The molecule has 0 saturated carbocycles. The highest BCUT2D eigenvalue weighted by atomic mass is 127. The number of aryl methyl sites for hydroxylation is 1. The van der Waals surface area contributed by atoms with E-state index in [1.807, 2.05) is 19.4 Å². The van der Waals surface area contributed by atoms with Crippen LogP contribution in [0.1, 0.15) is 24.4 Å². The second-order valence-electron chi connectivity index (χ2n) is 4.29. The van der Waals surface area contributed by atoms with E-state index in [0.717, 1.165) is 18.8 Å². The van der Waals surface area contributed by atoms with Crippen LogP contribution in [-0.2, 0) is 13.5 Å². The number of likely N-dealkylation sites (N-methyl/N-ethyl adjacent to an activating group) is 1. The summed E-state index contributed by atoms with van der Waals surface area (Å²) in [4.78, 5) is 4.41. The van der Waals surface area contributed by atoms with Crippen LogP contribution in [0.2, 0.25) is 0 Å². The van der Waals surface area contributed by atoms with E-state index < -0.39 is 0 Å². The average Bonchev–Trinajstić information content (AvgIpc) is 2.75. The molecular formula is C14H18IN3. The van der Waals surface area contributed by atoms with Crippen molar-refractivity contribution >= 4 is 22.6 Å². The molecule has 0 spiro atoms. The topological polar surface area (TPSA) is 29.9 Å². The van der Waals surface area contributed by atoms with Gasteiger partial charge in [-0.25, -0.2) is 4.98 Å². The number of halogens is 1. The number of hydrogen-bond acceptors (Lipinski definition) is 2. The maximum absolute atomic E-state index is 4.41. The van der Waals surface area contributed by atoms with Gasteiger partial charge >= 0.3 is 0 Å². The van der Waals surface area contributed by atoms with E-state index in [9.17, 15) is 0 Å². The number of rotatable bonds is 5. The zero-order chi connectivity index (χ0) is 13.0. The highest BCUT2D eigenvalue weighted by Gasteiger charge is 2.15. The molecule has 1 unspecified atom stereocenters. The number of nitrogens with zero attached hydrogens (tertiary/aromatic N) is 2. The number of imidazole rings is 1. The predicted octanol–water partition coefficient (Wildman–Crippen LogP) is 2.92. The van der Waals surface area contributed by atoms with Gasteiger partial charge in [-0.05, 0) is 40.8 Å². The Labute approximate surface area is 122 Å². The van der Waals surface area contributed by atoms with Crippen molar-refractivity contribution in [2.45, 2.75) is 19.4 Å². The van der Waals surface area contributed by atoms with E-state index in [0.29, 0.717) is 6.04 Å². The summed E-state index contributed by atoms with van der Waals surface area (Å²) in [5.74, 6) is 1.11. The number of hydrogen-bond donors (Lipinski definition) is 1. The molecule has 0 aliphatic heterocycles. The van der Waals surface area contributed by atoms with E-state index in [1.165, 1.54) is 9.13 Å². The molecule has 0 aliphatic rings. The minimum atomic E-state index is 0.323. The molecule has 0 aliphatic carbocycles. The molecule has 2 aromatic rings. The van der Waals surface area contributed by atoms with Crippen molar-refractivity contribution < 1.29 is 0 Å². The summed E-state index contributed by atoms with van der Waals surface area (Å²) in [5.41, 5.74) is 1.35. The smallest absolute Gasteiger partial charge is 0.110 e. The van der Waals surface area contributed by atoms with E-state index >= 15 is 0 Å². The van der Waals surface area contributed by atoms with Crippen molar-refractivity contribution in [3.05, 3.63) is 51.6 Å². The average molecular weight is 355 g/mol. The molecule has 2 rings (SSSR count). The molecular weight excluding hydrogens is 337 g/mol. The summed E-state index contributed by atoms with van der Waals surface area (Å²) in [6.45, 7) is 3.10. The van der Waals surface area contributed by atoms with Crippen LogP contribution in [0.4, 0.5) is 0 Å². The van der Waals surface area contributed by atoms with Gasteiger partial charge in [-0.2, -0.15) is 0 Å². The zero-order valence-corrected chi connectivity index (χ0v) is 12.9. The molecule has 0 amide bonds. The maximum atomic E-state index is 4.41. The molecule has 0 bridgehead atoms. The Balaban J connectivity index is 2.24. The van der Waals surface area contributed by atoms with Crippen molar-refractivity contribution in [3.63, 3.8) is 0 Å². The second-order valence-corrected chi connectivity index (χ2v) is 5.45. The van der Waals surface area contributed by atoms with Crippen molar-refractivity contribution in [1.82, 2.24) is 14.9 Å². The molecule has 1 atom stereocenters. The van der Waals surface area contributed by atoms with Crippen LogP contribution in [0.3, 0.4) is 0 Å². The van der Waals surface area contributed by atoms with Crippen LogP contribution in [0, 0.1) is 3.57 Å². The third-order valence-corrected chi connectivity index (χ3v) is 4.02. The quantitative estimate of drug-likeness (QED) is 0.836. The van der Waals surface area contributed by atoms with Crippen LogP contribution in [-0.4, -0.2) is 16.1 Å². The van der Waals surface area contributed by atoms with E-state index in [2.05, 4.69) is 68.6 Å². The van der Waals surface area contributed by atoms with Gasteiger partial charge in [0.15, 0.2) is 0 Å². The minimum Gasteiger partial charge on any atom is -0.338 e. The summed E-state index contributed by atoms with van der Waals surface area (Å²) >= 11 is 2.40. The standard InChI is InChI=1S/C14H18IN3/c1-3-16-13(10-14-17-8-9-18(14)2)11-6-4-5-7-12(11)15/h4-9,13,16H,3,10H2,1-2H3. The maximum Gasteiger partial charge on any atom is 0.110 e. The lowest BCUT2D eigenvalue weighted by atomic mass is 10.0. The summed E-state index contributed by atoms with van der Waals surface area (Å²) in [5, 5.41) is 3.55. The van der Waals surface area contributed by atoms with Gasteiger partial charge in [0.1, 0.15) is 5.82 Å². The second kappa shape index (κ2) is 6.33. The number of aromatic nitrogens is 2. The predicted molar refractivity (Wildman–Crippen MR) is 82.5 cm³/mol. The first-order chi connectivity index (χ1) is 8.72. The van der Waals surface area contributed by atoms with Gasteiger partial charge in [0.2, 0.25) is 0 Å². The molecule has 1 aromatic heterocycles. The minimum absolute atomic E-state index is 0.323. The van der Waals surface area contributed by atoms with Crippen molar-refractivity contribution in [2.24, 2.45) is 7.05 Å². The Bertz CT molecular complexity index is 507. The lowest BCUT2D eigenvalue weighted by Gasteiger charge is -2.19. The lowest BCUT2D eigenvalue weighted by molar-refractivity contribution is 0.527.